The lowest BCUT2D eigenvalue weighted by Crippen LogP contribution is -2.45. The molecule has 7 nitrogen and oxygen atoms in total. The van der Waals surface area contributed by atoms with E-state index in [-0.39, 0.29) is 0 Å². The van der Waals surface area contributed by atoms with Crippen LogP contribution in [0.4, 0.5) is 10.5 Å². The number of carbonyl (C=O) groups is 3. The summed E-state index contributed by atoms with van der Waals surface area (Å²) in [6.07, 6.45) is 0. The van der Waals surface area contributed by atoms with Crippen molar-refractivity contribution in [3.63, 3.8) is 0 Å². The van der Waals surface area contributed by atoms with Crippen LogP contribution in [0.3, 0.4) is 0 Å². The molecule has 1 aliphatic heterocycles. The molecule has 1 aliphatic rings. The number of hydrogen-bond acceptors (Lipinski definition) is 5. The summed E-state index contributed by atoms with van der Waals surface area (Å²) in [6.45, 7) is 1.52. The number of urea groups is 1. The summed E-state index contributed by atoms with van der Waals surface area (Å²) in [7, 11) is 0. The highest BCUT2D eigenvalue weighted by atomic mass is 32.1. The number of thiazole rings is 1. The summed E-state index contributed by atoms with van der Waals surface area (Å²) in [5.74, 6) is -0.973. The van der Waals surface area contributed by atoms with Gasteiger partial charge in [-0.15, -0.1) is 11.3 Å². The summed E-state index contributed by atoms with van der Waals surface area (Å²) in [5, 5.41) is 8.56. The smallest absolute Gasteiger partial charge is 0.325 e. The van der Waals surface area contributed by atoms with E-state index in [0.717, 1.165) is 21.2 Å². The largest absolute Gasteiger partial charge is 0.326 e. The number of carbonyl (C=O) groups excluding carboxylic acids is 3. The van der Waals surface area contributed by atoms with Crippen molar-refractivity contribution in [2.24, 2.45) is 0 Å². The molecule has 4 amide bonds. The summed E-state index contributed by atoms with van der Waals surface area (Å²) in [6, 6.07) is 24.8. The van der Waals surface area contributed by atoms with Crippen LogP contribution in [0.2, 0.25) is 0 Å². The van der Waals surface area contributed by atoms with Crippen molar-refractivity contribution in [2.75, 3.05) is 11.9 Å². The maximum absolute atomic E-state index is 13.7. The van der Waals surface area contributed by atoms with Crippen LogP contribution >= 0.6 is 11.3 Å². The maximum atomic E-state index is 13.7. The van der Waals surface area contributed by atoms with Crippen LogP contribution in [0, 0.1) is 6.92 Å². The van der Waals surface area contributed by atoms with E-state index in [2.05, 4.69) is 15.6 Å². The van der Waals surface area contributed by atoms with E-state index in [0.29, 0.717) is 16.8 Å². The molecule has 8 heteroatoms. The molecule has 35 heavy (non-hydrogen) atoms. The third-order valence-corrected chi connectivity index (χ3v) is 6.66. The molecule has 174 valence electrons. The Morgan fingerprint density at radius 3 is 2.23 bits per heavy atom. The Balaban J connectivity index is 1.39. The SMILES string of the molecule is Cc1nc(-c2cccc(NC(=O)CN3C(=O)NC(c4ccccc4)(c4ccccc4)C3=O)c2)cs1. The highest BCUT2D eigenvalue weighted by Crippen LogP contribution is 2.36. The van der Waals surface area contributed by atoms with Gasteiger partial charge in [0.25, 0.3) is 5.91 Å². The summed E-state index contributed by atoms with van der Waals surface area (Å²) in [4.78, 5) is 45.0. The average Bonchev–Trinajstić information content (AvgIpc) is 3.42. The normalized spacial score (nSPS) is 14.6. The third-order valence-electron chi connectivity index (χ3n) is 5.88. The fourth-order valence-corrected chi connectivity index (χ4v) is 4.87. The molecule has 4 aromatic rings. The van der Waals surface area contributed by atoms with E-state index in [1.807, 2.05) is 66.9 Å². The van der Waals surface area contributed by atoms with E-state index >= 15 is 0 Å². The second-order valence-corrected chi connectivity index (χ2v) is 9.25. The average molecular weight is 483 g/mol. The first-order valence-electron chi connectivity index (χ1n) is 11.0. The van der Waals surface area contributed by atoms with Gasteiger partial charge in [-0.3, -0.25) is 14.5 Å². The molecule has 1 fully saturated rings. The van der Waals surface area contributed by atoms with Gasteiger partial charge in [0.2, 0.25) is 5.91 Å². The lowest BCUT2D eigenvalue weighted by Gasteiger charge is -2.28. The Morgan fingerprint density at radius 1 is 0.971 bits per heavy atom. The van der Waals surface area contributed by atoms with Gasteiger partial charge >= 0.3 is 6.03 Å². The van der Waals surface area contributed by atoms with Crippen LogP contribution in [-0.4, -0.2) is 34.3 Å². The Kier molecular flexibility index (Phi) is 5.88. The van der Waals surface area contributed by atoms with Crippen molar-refractivity contribution >= 4 is 34.9 Å². The third kappa shape index (κ3) is 4.20. The van der Waals surface area contributed by atoms with Gasteiger partial charge in [-0.25, -0.2) is 9.78 Å². The van der Waals surface area contributed by atoms with Crippen LogP contribution in [0.1, 0.15) is 16.1 Å². The summed E-state index contributed by atoms with van der Waals surface area (Å²) < 4.78 is 0. The molecule has 1 saturated heterocycles. The summed E-state index contributed by atoms with van der Waals surface area (Å²) in [5.41, 5.74) is 2.10. The number of benzene rings is 3. The van der Waals surface area contributed by atoms with Gasteiger partial charge in [-0.05, 0) is 30.2 Å². The van der Waals surface area contributed by atoms with Crippen molar-refractivity contribution in [1.29, 1.82) is 0 Å². The number of aryl methyl sites for hydroxylation is 1. The lowest BCUT2D eigenvalue weighted by molar-refractivity contribution is -0.133. The summed E-state index contributed by atoms with van der Waals surface area (Å²) >= 11 is 1.55. The maximum Gasteiger partial charge on any atom is 0.326 e. The van der Waals surface area contributed by atoms with Crippen LogP contribution in [0.15, 0.2) is 90.3 Å². The molecule has 2 N–H and O–H groups in total. The van der Waals surface area contributed by atoms with E-state index in [1.165, 1.54) is 0 Å². The predicted octanol–water partition coefficient (Wildman–Crippen LogP) is 4.55. The minimum Gasteiger partial charge on any atom is -0.325 e. The molecule has 0 saturated carbocycles. The van der Waals surface area contributed by atoms with Gasteiger partial charge in [-0.1, -0.05) is 72.8 Å². The zero-order chi connectivity index (χ0) is 24.4. The number of aromatic nitrogens is 1. The van der Waals surface area contributed by atoms with Gasteiger partial charge in [-0.2, -0.15) is 0 Å². The fraction of sp³-hybridized carbons (Fsp3) is 0.111. The van der Waals surface area contributed by atoms with Gasteiger partial charge in [0.15, 0.2) is 5.54 Å². The zero-order valence-electron chi connectivity index (χ0n) is 18.9. The quantitative estimate of drug-likeness (QED) is 0.395. The zero-order valence-corrected chi connectivity index (χ0v) is 19.7. The predicted molar refractivity (Wildman–Crippen MR) is 135 cm³/mol. The Bertz CT molecular complexity index is 1360. The second kappa shape index (κ2) is 9.15. The molecular formula is C27H22N4O3S. The van der Waals surface area contributed by atoms with Crippen LogP contribution < -0.4 is 10.6 Å². The van der Waals surface area contributed by atoms with Crippen molar-refractivity contribution in [3.8, 4) is 11.3 Å². The molecule has 0 atom stereocenters. The molecule has 0 unspecified atom stereocenters. The number of imide groups is 1. The van der Waals surface area contributed by atoms with Gasteiger partial charge in [0.1, 0.15) is 6.54 Å². The van der Waals surface area contributed by atoms with E-state index in [1.54, 1.807) is 41.7 Å². The van der Waals surface area contributed by atoms with Gasteiger partial charge in [0, 0.05) is 16.6 Å². The molecule has 2 heterocycles. The van der Waals surface area contributed by atoms with Crippen molar-refractivity contribution < 1.29 is 14.4 Å². The molecule has 0 aliphatic carbocycles. The first kappa shape index (κ1) is 22.5. The Labute approximate surface area is 206 Å². The second-order valence-electron chi connectivity index (χ2n) is 8.18. The van der Waals surface area contributed by atoms with Crippen molar-refractivity contribution in [3.05, 3.63) is 106 Å². The number of hydrogen-bond donors (Lipinski definition) is 2. The lowest BCUT2D eigenvalue weighted by atomic mass is 9.82. The minimum absolute atomic E-state index is 0.411. The number of amides is 4. The minimum atomic E-state index is -1.40. The molecule has 5 rings (SSSR count). The highest BCUT2D eigenvalue weighted by Gasteiger charge is 2.54. The van der Waals surface area contributed by atoms with E-state index in [4.69, 9.17) is 0 Å². The van der Waals surface area contributed by atoms with Crippen LogP contribution in [0.25, 0.3) is 11.3 Å². The highest BCUT2D eigenvalue weighted by molar-refractivity contribution is 7.09. The fourth-order valence-electron chi connectivity index (χ4n) is 4.25. The number of nitrogens with one attached hydrogen (secondary N) is 2. The molecule has 0 spiro atoms. The topological polar surface area (TPSA) is 91.4 Å². The van der Waals surface area contributed by atoms with Gasteiger partial charge < -0.3 is 10.6 Å². The van der Waals surface area contributed by atoms with Crippen molar-refractivity contribution in [1.82, 2.24) is 15.2 Å². The number of anilines is 1. The van der Waals surface area contributed by atoms with Crippen LogP contribution in [0.5, 0.6) is 0 Å². The van der Waals surface area contributed by atoms with E-state index < -0.39 is 29.9 Å². The molecule has 3 aromatic carbocycles. The Morgan fingerprint density at radius 2 is 1.63 bits per heavy atom. The van der Waals surface area contributed by atoms with Crippen molar-refractivity contribution in [2.45, 2.75) is 12.5 Å². The molecular weight excluding hydrogens is 460 g/mol. The number of rotatable bonds is 6. The first-order chi connectivity index (χ1) is 17.0. The Hall–Kier alpha value is -4.30. The molecule has 0 bridgehead atoms. The first-order valence-corrected chi connectivity index (χ1v) is 11.9. The molecule has 1 aromatic heterocycles. The standard InChI is InChI=1S/C27H22N4O3S/c1-18-28-23(17-35-18)19-9-8-14-22(15-19)29-24(32)16-31-25(33)27(30-26(31)34,20-10-4-2-5-11-20)21-12-6-3-7-13-21/h2-15,17H,16H2,1H3,(H,29,32)(H,30,34). The van der Waals surface area contributed by atoms with Crippen LogP contribution in [-0.2, 0) is 15.1 Å². The van der Waals surface area contributed by atoms with E-state index in [9.17, 15) is 14.4 Å². The number of nitrogens with zero attached hydrogens (tertiary/aromatic N) is 2. The van der Waals surface area contributed by atoms with Gasteiger partial charge in [0.05, 0.1) is 10.7 Å². The monoisotopic (exact) mass is 482 g/mol. The molecule has 0 radical (unpaired) electrons.